The normalized spacial score (nSPS) is 20.1. The van der Waals surface area contributed by atoms with E-state index in [-0.39, 0.29) is 17.5 Å². The minimum absolute atomic E-state index is 0.00637. The topological polar surface area (TPSA) is 142 Å². The number of hydrogen-bond donors (Lipinski definition) is 2. The molecule has 1 aliphatic heterocycles. The Labute approximate surface area is 201 Å². The zero-order chi connectivity index (χ0) is 24.7. The molecule has 0 bridgehead atoms. The first-order chi connectivity index (χ1) is 15.3. The van der Waals surface area contributed by atoms with Gasteiger partial charge in [0.25, 0.3) is 5.88 Å². The molecule has 2 unspecified atom stereocenters. The van der Waals surface area contributed by atoms with Crippen LogP contribution in [-0.4, -0.2) is 30.7 Å². The molecule has 1 aliphatic rings. The lowest BCUT2D eigenvalue weighted by molar-refractivity contribution is -0.142. The van der Waals surface area contributed by atoms with Crippen molar-refractivity contribution in [3.63, 3.8) is 0 Å². The number of nitrogens with one attached hydrogen (secondary N) is 1. The summed E-state index contributed by atoms with van der Waals surface area (Å²) >= 11 is 7.15. The van der Waals surface area contributed by atoms with E-state index in [0.717, 1.165) is 17.3 Å². The molecule has 0 saturated heterocycles. The average molecular weight is 514 g/mol. The Morgan fingerprint density at radius 2 is 1.97 bits per heavy atom. The SMILES string of the molecule is CC(=O)OCc1c(C)cc(C)c(C2(S(=O)(=O)Nc3onc(C)c3Cl)C=CSC2C(N)=O)c1C. The third-order valence-electron chi connectivity index (χ3n) is 5.58. The number of aromatic nitrogens is 1. The van der Waals surface area contributed by atoms with Crippen molar-refractivity contribution >= 4 is 51.1 Å². The van der Waals surface area contributed by atoms with Gasteiger partial charge >= 0.3 is 5.97 Å². The van der Waals surface area contributed by atoms with Crippen molar-refractivity contribution in [2.75, 3.05) is 4.72 Å². The van der Waals surface area contributed by atoms with Gasteiger partial charge in [-0.05, 0) is 67.0 Å². The lowest BCUT2D eigenvalue weighted by atomic mass is 9.83. The second-order valence-corrected chi connectivity index (χ2v) is 11.1. The molecule has 1 aromatic carbocycles. The Morgan fingerprint density at radius 1 is 1.30 bits per heavy atom. The highest BCUT2D eigenvalue weighted by molar-refractivity contribution is 8.05. The molecule has 2 atom stereocenters. The average Bonchev–Trinajstić information content (AvgIpc) is 3.28. The molecule has 0 spiro atoms. The number of anilines is 1. The summed E-state index contributed by atoms with van der Waals surface area (Å²) in [5, 5.41) is 4.04. The molecule has 0 aliphatic carbocycles. The van der Waals surface area contributed by atoms with Crippen LogP contribution in [0.5, 0.6) is 0 Å². The van der Waals surface area contributed by atoms with Crippen molar-refractivity contribution in [2.45, 2.75) is 51.2 Å². The van der Waals surface area contributed by atoms with Crippen molar-refractivity contribution in [2.24, 2.45) is 5.73 Å². The molecular weight excluding hydrogens is 490 g/mol. The maximum Gasteiger partial charge on any atom is 0.302 e. The van der Waals surface area contributed by atoms with Crippen LogP contribution in [0.3, 0.4) is 0 Å². The summed E-state index contributed by atoms with van der Waals surface area (Å²) < 4.78 is 38.6. The summed E-state index contributed by atoms with van der Waals surface area (Å²) in [6.07, 6.45) is 1.44. The number of carbonyl (C=O) groups is 2. The van der Waals surface area contributed by atoms with E-state index in [4.69, 9.17) is 26.6 Å². The van der Waals surface area contributed by atoms with Gasteiger partial charge in [0.05, 0.1) is 0 Å². The zero-order valence-corrected chi connectivity index (χ0v) is 21.1. The Morgan fingerprint density at radius 3 is 2.52 bits per heavy atom. The van der Waals surface area contributed by atoms with Gasteiger partial charge < -0.3 is 15.0 Å². The zero-order valence-electron chi connectivity index (χ0n) is 18.7. The number of benzene rings is 1. The minimum Gasteiger partial charge on any atom is -0.461 e. The van der Waals surface area contributed by atoms with Crippen molar-refractivity contribution in [1.29, 1.82) is 0 Å². The molecule has 2 heterocycles. The van der Waals surface area contributed by atoms with E-state index in [2.05, 4.69) is 9.88 Å². The molecule has 3 rings (SSSR count). The third-order valence-corrected chi connectivity index (χ3v) is 9.27. The van der Waals surface area contributed by atoms with E-state index in [0.29, 0.717) is 27.9 Å². The second-order valence-electron chi connectivity index (χ2n) is 7.80. The highest BCUT2D eigenvalue weighted by atomic mass is 35.5. The first-order valence-corrected chi connectivity index (χ1v) is 12.6. The predicted molar refractivity (Wildman–Crippen MR) is 126 cm³/mol. The number of sulfonamides is 1. The van der Waals surface area contributed by atoms with Crippen LogP contribution in [0.25, 0.3) is 0 Å². The lowest BCUT2D eigenvalue weighted by Crippen LogP contribution is -2.51. The number of nitrogens with zero attached hydrogens (tertiary/aromatic N) is 1. The molecule has 0 fully saturated rings. The van der Waals surface area contributed by atoms with Crippen LogP contribution in [0.4, 0.5) is 5.88 Å². The maximum absolute atomic E-state index is 14.0. The van der Waals surface area contributed by atoms with Gasteiger partial charge in [-0.1, -0.05) is 22.8 Å². The maximum atomic E-state index is 14.0. The van der Waals surface area contributed by atoms with Gasteiger partial charge in [0, 0.05) is 6.92 Å². The molecule has 1 aromatic heterocycles. The van der Waals surface area contributed by atoms with E-state index < -0.39 is 31.9 Å². The molecular formula is C21H24ClN3O6S2. The van der Waals surface area contributed by atoms with Crippen molar-refractivity contribution in [1.82, 2.24) is 5.16 Å². The fourth-order valence-corrected chi connectivity index (χ4v) is 7.69. The fourth-order valence-electron chi connectivity index (χ4n) is 4.12. The van der Waals surface area contributed by atoms with Crippen LogP contribution in [0.1, 0.15) is 40.4 Å². The van der Waals surface area contributed by atoms with E-state index in [1.807, 2.05) is 6.92 Å². The van der Waals surface area contributed by atoms with Gasteiger partial charge in [-0.3, -0.25) is 9.59 Å². The van der Waals surface area contributed by atoms with E-state index in [1.54, 1.807) is 26.8 Å². The van der Waals surface area contributed by atoms with Crippen LogP contribution in [0.2, 0.25) is 5.02 Å². The number of halogens is 1. The van der Waals surface area contributed by atoms with Crippen LogP contribution in [-0.2, 0) is 35.7 Å². The molecule has 33 heavy (non-hydrogen) atoms. The fraction of sp³-hybridized carbons (Fsp3) is 0.381. The van der Waals surface area contributed by atoms with E-state index >= 15 is 0 Å². The smallest absolute Gasteiger partial charge is 0.302 e. The standard InChI is InChI=1S/C21H24ClN3O6S2/c1-10-8-11(2)16(12(3)15(10)9-30-14(5)26)21(6-7-32-18(21)19(23)27)33(28,29)25-20-17(22)13(4)24-31-20/h6-8,18,25H,9H2,1-5H3,(H2,23,27). The third kappa shape index (κ3) is 4.24. The van der Waals surface area contributed by atoms with Crippen molar-refractivity contribution in [3.8, 4) is 0 Å². The predicted octanol–water partition coefficient (Wildman–Crippen LogP) is 3.38. The Hall–Kier alpha value is -2.50. The molecule has 2 aromatic rings. The molecule has 0 saturated carbocycles. The highest BCUT2D eigenvalue weighted by Crippen LogP contribution is 2.50. The Kier molecular flexibility index (Phi) is 6.88. The molecule has 9 nitrogen and oxygen atoms in total. The summed E-state index contributed by atoms with van der Waals surface area (Å²) in [5.41, 5.74) is 8.99. The summed E-state index contributed by atoms with van der Waals surface area (Å²) in [5.74, 6) is -1.54. The van der Waals surface area contributed by atoms with E-state index in [9.17, 15) is 18.0 Å². The van der Waals surface area contributed by atoms with Crippen molar-refractivity contribution in [3.05, 3.63) is 56.1 Å². The summed E-state index contributed by atoms with van der Waals surface area (Å²) in [6.45, 7) is 8.12. The second kappa shape index (κ2) is 9.03. The van der Waals surface area contributed by atoms with Gasteiger partial charge in [-0.15, -0.1) is 11.8 Å². The number of carbonyl (C=O) groups excluding carboxylic acids is 2. The molecule has 12 heteroatoms. The number of amides is 1. The van der Waals surface area contributed by atoms with E-state index in [1.165, 1.54) is 18.4 Å². The quantitative estimate of drug-likeness (QED) is 0.536. The number of ether oxygens (including phenoxy) is 1. The monoisotopic (exact) mass is 513 g/mol. The van der Waals surface area contributed by atoms with Crippen LogP contribution < -0.4 is 10.5 Å². The van der Waals surface area contributed by atoms with Gasteiger partial charge in [0.2, 0.25) is 15.9 Å². The van der Waals surface area contributed by atoms with Gasteiger partial charge in [0.15, 0.2) is 4.75 Å². The largest absolute Gasteiger partial charge is 0.461 e. The summed E-state index contributed by atoms with van der Waals surface area (Å²) in [7, 11) is -4.42. The number of aryl methyl sites for hydroxylation is 3. The molecule has 178 valence electrons. The van der Waals surface area contributed by atoms with Gasteiger partial charge in [-0.2, -0.15) is 0 Å². The van der Waals surface area contributed by atoms with Crippen LogP contribution in [0.15, 0.2) is 22.1 Å². The van der Waals surface area contributed by atoms with Crippen LogP contribution in [0, 0.1) is 27.7 Å². The Balaban J connectivity index is 2.30. The first-order valence-electron chi connectivity index (χ1n) is 9.83. The Bertz CT molecular complexity index is 1270. The number of esters is 1. The summed E-state index contributed by atoms with van der Waals surface area (Å²) in [4.78, 5) is 23.9. The first kappa shape index (κ1) is 25.1. The molecule has 3 N–H and O–H groups in total. The van der Waals surface area contributed by atoms with Crippen molar-refractivity contribution < 1.29 is 27.3 Å². The molecule has 0 radical (unpaired) electrons. The minimum atomic E-state index is -4.42. The highest BCUT2D eigenvalue weighted by Gasteiger charge is 2.57. The lowest BCUT2D eigenvalue weighted by Gasteiger charge is -2.35. The number of hydrogen-bond acceptors (Lipinski definition) is 8. The molecule has 1 amide bonds. The van der Waals surface area contributed by atoms with Gasteiger partial charge in [0.1, 0.15) is 22.6 Å². The summed E-state index contributed by atoms with van der Waals surface area (Å²) in [6, 6.07) is 1.79. The number of nitrogens with two attached hydrogens (primary N) is 1. The van der Waals surface area contributed by atoms with Crippen LogP contribution >= 0.6 is 23.4 Å². The number of rotatable bonds is 7. The number of primary amides is 1. The van der Waals surface area contributed by atoms with Gasteiger partial charge in [-0.25, -0.2) is 13.1 Å². The number of thioether (sulfide) groups is 1.